The van der Waals surface area contributed by atoms with E-state index in [0.717, 1.165) is 22.4 Å². The molecule has 1 fully saturated rings. The van der Waals surface area contributed by atoms with Gasteiger partial charge in [0, 0.05) is 13.1 Å². The minimum atomic E-state index is -0.529. The van der Waals surface area contributed by atoms with E-state index in [-0.39, 0.29) is 23.3 Å². The highest BCUT2D eigenvalue weighted by Crippen LogP contribution is 2.38. The van der Waals surface area contributed by atoms with E-state index in [1.54, 1.807) is 32.4 Å². The summed E-state index contributed by atoms with van der Waals surface area (Å²) in [6.45, 7) is 1.22. The monoisotopic (exact) mass is 434 g/mol. The Labute approximate surface area is 178 Å². The summed E-state index contributed by atoms with van der Waals surface area (Å²) in [6.07, 6.45) is 0.871. The normalized spacial score (nSPS) is 19.4. The summed E-state index contributed by atoms with van der Waals surface area (Å²) < 4.78 is 10.8. The second-order valence-corrected chi connectivity index (χ2v) is 7.84. The molecule has 0 bridgehead atoms. The topological polar surface area (TPSA) is 59.1 Å². The van der Waals surface area contributed by atoms with Gasteiger partial charge in [0.15, 0.2) is 11.5 Å². The number of nitrogens with zero attached hydrogens (tertiary/aromatic N) is 2. The second kappa shape index (κ2) is 7.86. The van der Waals surface area contributed by atoms with Crippen LogP contribution in [0.3, 0.4) is 0 Å². The first-order valence-corrected chi connectivity index (χ1v) is 9.98. The number of carbonyl (C=O) groups is 2. The van der Waals surface area contributed by atoms with Crippen LogP contribution in [0, 0.1) is 0 Å². The number of hydrogen-bond donors (Lipinski definition) is 0. The Morgan fingerprint density at radius 1 is 1.03 bits per heavy atom. The van der Waals surface area contributed by atoms with Gasteiger partial charge < -0.3 is 9.47 Å². The summed E-state index contributed by atoms with van der Waals surface area (Å²) in [5.74, 6) is 0.785. The lowest BCUT2D eigenvalue weighted by atomic mass is 9.97. The van der Waals surface area contributed by atoms with E-state index in [4.69, 9.17) is 32.7 Å². The largest absolute Gasteiger partial charge is 0.493 e. The van der Waals surface area contributed by atoms with Crippen molar-refractivity contribution >= 4 is 40.7 Å². The number of ether oxygens (including phenoxy) is 2. The molecule has 0 saturated carbocycles. The highest BCUT2D eigenvalue weighted by atomic mass is 35.5. The van der Waals surface area contributed by atoms with E-state index >= 15 is 0 Å². The third kappa shape index (κ3) is 3.45. The number of rotatable bonds is 4. The number of anilines is 1. The first-order valence-electron chi connectivity index (χ1n) is 9.23. The molecule has 2 aliphatic heterocycles. The average molecular weight is 435 g/mol. The van der Waals surface area contributed by atoms with Crippen molar-refractivity contribution in [2.75, 3.05) is 25.7 Å². The first-order chi connectivity index (χ1) is 13.9. The maximum Gasteiger partial charge on any atom is 0.251 e. The number of amides is 2. The highest BCUT2D eigenvalue weighted by Gasteiger charge is 2.44. The molecule has 1 saturated heterocycles. The number of benzene rings is 2. The van der Waals surface area contributed by atoms with Crippen molar-refractivity contribution in [3.63, 3.8) is 0 Å². The molecule has 0 aromatic heterocycles. The lowest BCUT2D eigenvalue weighted by molar-refractivity contribution is -0.123. The number of carbonyl (C=O) groups excluding carboxylic acids is 2. The van der Waals surface area contributed by atoms with Crippen LogP contribution in [0.25, 0.3) is 0 Å². The molecule has 8 heteroatoms. The molecular weight excluding hydrogens is 415 g/mol. The van der Waals surface area contributed by atoms with E-state index in [0.29, 0.717) is 35.3 Å². The highest BCUT2D eigenvalue weighted by molar-refractivity contribution is 6.44. The van der Waals surface area contributed by atoms with Gasteiger partial charge in [-0.25, -0.2) is 4.90 Å². The summed E-state index contributed by atoms with van der Waals surface area (Å²) in [7, 11) is 3.20. The molecule has 0 spiro atoms. The number of fused-ring (bicyclic) bond motifs is 1. The van der Waals surface area contributed by atoms with Gasteiger partial charge >= 0.3 is 0 Å². The van der Waals surface area contributed by atoms with Crippen LogP contribution in [0.15, 0.2) is 30.3 Å². The molecule has 152 valence electrons. The SMILES string of the molecule is COc1cc2c(cc1OC)CN(C1CC(=O)N(c3cccc(Cl)c3Cl)C1=O)CC2. The summed E-state index contributed by atoms with van der Waals surface area (Å²) in [4.78, 5) is 29.0. The van der Waals surface area contributed by atoms with Crippen molar-refractivity contribution in [1.29, 1.82) is 0 Å². The van der Waals surface area contributed by atoms with Crippen LogP contribution in [-0.4, -0.2) is 43.5 Å². The lowest BCUT2D eigenvalue weighted by Crippen LogP contribution is -2.44. The molecular formula is C21H20Cl2N2O4. The zero-order chi connectivity index (χ0) is 20.7. The van der Waals surface area contributed by atoms with E-state index in [1.807, 2.05) is 17.0 Å². The maximum absolute atomic E-state index is 13.1. The fourth-order valence-corrected chi connectivity index (χ4v) is 4.37. The van der Waals surface area contributed by atoms with Crippen LogP contribution in [-0.2, 0) is 22.6 Å². The maximum atomic E-state index is 13.1. The Morgan fingerprint density at radius 3 is 2.41 bits per heavy atom. The molecule has 0 N–H and O–H groups in total. The van der Waals surface area contributed by atoms with Crippen LogP contribution in [0.5, 0.6) is 11.5 Å². The third-order valence-corrected chi connectivity index (χ3v) is 6.29. The van der Waals surface area contributed by atoms with E-state index in [9.17, 15) is 9.59 Å². The van der Waals surface area contributed by atoms with E-state index in [1.165, 1.54) is 0 Å². The molecule has 2 aliphatic rings. The summed E-state index contributed by atoms with van der Waals surface area (Å²) >= 11 is 12.3. The third-order valence-electron chi connectivity index (χ3n) is 5.48. The molecule has 1 unspecified atom stereocenters. The van der Waals surface area contributed by atoms with Crippen molar-refractivity contribution < 1.29 is 19.1 Å². The van der Waals surface area contributed by atoms with Crippen molar-refractivity contribution in [1.82, 2.24) is 4.90 Å². The van der Waals surface area contributed by atoms with Crippen LogP contribution in [0.4, 0.5) is 5.69 Å². The Balaban J connectivity index is 1.60. The van der Waals surface area contributed by atoms with Gasteiger partial charge in [0.1, 0.15) is 0 Å². The Kier molecular flexibility index (Phi) is 5.42. The Morgan fingerprint density at radius 2 is 1.72 bits per heavy atom. The quantitative estimate of drug-likeness (QED) is 0.686. The molecule has 2 amide bonds. The first kappa shape index (κ1) is 20.0. The summed E-state index contributed by atoms with van der Waals surface area (Å²) in [5.41, 5.74) is 2.55. The molecule has 2 aromatic rings. The lowest BCUT2D eigenvalue weighted by Gasteiger charge is -2.32. The molecule has 4 rings (SSSR count). The van der Waals surface area contributed by atoms with Gasteiger partial charge in [0.25, 0.3) is 5.91 Å². The van der Waals surface area contributed by atoms with Gasteiger partial charge in [-0.3, -0.25) is 14.5 Å². The van der Waals surface area contributed by atoms with Gasteiger partial charge in [-0.05, 0) is 41.8 Å². The van der Waals surface area contributed by atoms with E-state index in [2.05, 4.69) is 0 Å². The minimum absolute atomic E-state index is 0.115. The van der Waals surface area contributed by atoms with Gasteiger partial charge in [-0.1, -0.05) is 29.3 Å². The number of methoxy groups -OCH3 is 2. The molecule has 1 atom stereocenters. The molecule has 0 aliphatic carbocycles. The Bertz CT molecular complexity index is 995. The van der Waals surface area contributed by atoms with Crippen LogP contribution in [0.2, 0.25) is 10.0 Å². The van der Waals surface area contributed by atoms with E-state index < -0.39 is 6.04 Å². The smallest absolute Gasteiger partial charge is 0.251 e. The van der Waals surface area contributed by atoms with Crippen LogP contribution < -0.4 is 14.4 Å². The molecule has 6 nitrogen and oxygen atoms in total. The minimum Gasteiger partial charge on any atom is -0.493 e. The Hall–Kier alpha value is -2.28. The van der Waals surface area contributed by atoms with Crippen molar-refractivity contribution in [3.05, 3.63) is 51.5 Å². The van der Waals surface area contributed by atoms with Crippen molar-refractivity contribution in [2.24, 2.45) is 0 Å². The fourth-order valence-electron chi connectivity index (χ4n) is 3.99. The number of imide groups is 1. The summed E-state index contributed by atoms with van der Waals surface area (Å²) in [5, 5.41) is 0.512. The zero-order valence-corrected chi connectivity index (χ0v) is 17.6. The number of halogens is 2. The number of hydrogen-bond acceptors (Lipinski definition) is 5. The molecule has 29 heavy (non-hydrogen) atoms. The van der Waals surface area contributed by atoms with Crippen LogP contribution >= 0.6 is 23.2 Å². The molecule has 2 heterocycles. The predicted molar refractivity (Wildman–Crippen MR) is 111 cm³/mol. The second-order valence-electron chi connectivity index (χ2n) is 7.06. The fraction of sp³-hybridized carbons (Fsp3) is 0.333. The zero-order valence-electron chi connectivity index (χ0n) is 16.1. The van der Waals surface area contributed by atoms with Gasteiger partial charge in [0.2, 0.25) is 5.91 Å². The average Bonchev–Trinajstić information content (AvgIpc) is 3.02. The van der Waals surface area contributed by atoms with Crippen molar-refractivity contribution in [3.8, 4) is 11.5 Å². The van der Waals surface area contributed by atoms with Crippen LogP contribution in [0.1, 0.15) is 17.5 Å². The van der Waals surface area contributed by atoms with Gasteiger partial charge in [-0.2, -0.15) is 0 Å². The molecule has 2 aromatic carbocycles. The van der Waals surface area contributed by atoms with Gasteiger partial charge in [-0.15, -0.1) is 0 Å². The molecule has 0 radical (unpaired) electrons. The predicted octanol–water partition coefficient (Wildman–Crippen LogP) is 3.70. The standard InChI is InChI=1S/C21H20Cl2N2O4/c1-28-17-8-12-6-7-24(11-13(12)9-18(17)29-2)16-10-19(26)25(21(16)27)15-5-3-4-14(22)20(15)23/h3-5,8-9,16H,6-7,10-11H2,1-2H3. The summed E-state index contributed by atoms with van der Waals surface area (Å²) in [6, 6.07) is 8.32. The van der Waals surface area contributed by atoms with Crippen molar-refractivity contribution in [2.45, 2.75) is 25.4 Å². The van der Waals surface area contributed by atoms with Gasteiger partial charge in [0.05, 0.1) is 42.4 Å².